The maximum Gasteiger partial charge on any atom is 0.255 e. The highest BCUT2D eigenvalue weighted by molar-refractivity contribution is 6.15. The van der Waals surface area contributed by atoms with E-state index in [2.05, 4.69) is 65.7 Å². The molecule has 0 radical (unpaired) electrons. The fourth-order valence-electron chi connectivity index (χ4n) is 10.7. The lowest BCUT2D eigenvalue weighted by Gasteiger charge is -2.50. The number of fused-ring (bicyclic) bond motifs is 2. The Balaban J connectivity index is 0.753. The number of hydrogen-bond donors (Lipinski definition) is 2. The van der Waals surface area contributed by atoms with Crippen LogP contribution in [0.4, 0.5) is 10.1 Å². The molecule has 3 aromatic rings. The maximum atomic E-state index is 14.9. The first kappa shape index (κ1) is 43.9. The number of aliphatic imine (C=N–C) groups is 2. The molecule has 5 fully saturated rings. The van der Waals surface area contributed by atoms with Gasteiger partial charge in [-0.1, -0.05) is 0 Å². The van der Waals surface area contributed by atoms with Crippen molar-refractivity contribution in [2.24, 2.45) is 21.8 Å². The van der Waals surface area contributed by atoms with Crippen molar-refractivity contribution >= 4 is 46.7 Å². The summed E-state index contributed by atoms with van der Waals surface area (Å²) in [7, 11) is 3.39. The van der Waals surface area contributed by atoms with Crippen LogP contribution < -0.4 is 19.7 Å². The predicted octanol–water partition coefficient (Wildman–Crippen LogP) is 5.39. The number of benzene rings is 2. The number of amides is 3. The number of imide groups is 1. The summed E-state index contributed by atoms with van der Waals surface area (Å²) in [4.78, 5) is 58.4. The van der Waals surface area contributed by atoms with E-state index in [1.54, 1.807) is 25.1 Å². The van der Waals surface area contributed by atoms with Crippen molar-refractivity contribution in [3.63, 3.8) is 0 Å². The Morgan fingerprint density at radius 1 is 0.984 bits per heavy atom. The van der Waals surface area contributed by atoms with Crippen LogP contribution in [-0.2, 0) is 16.1 Å². The Morgan fingerprint density at radius 2 is 1.72 bits per heavy atom. The molecule has 0 spiro atoms. The molecule has 1 aromatic heterocycles. The number of ether oxygens (including phenoxy) is 2. The molecule has 1 aliphatic carbocycles. The van der Waals surface area contributed by atoms with Gasteiger partial charge in [-0.3, -0.25) is 39.6 Å². The minimum Gasteiger partial charge on any atom is -0.494 e. The van der Waals surface area contributed by atoms with E-state index in [1.165, 1.54) is 6.07 Å². The Kier molecular flexibility index (Phi) is 12.0. The maximum absolute atomic E-state index is 14.9. The summed E-state index contributed by atoms with van der Waals surface area (Å²) in [5.74, 6) is 1.60. The summed E-state index contributed by atoms with van der Waals surface area (Å²) in [5, 5.41) is 10.6. The molecule has 4 saturated heterocycles. The molecule has 342 valence electrons. The first-order chi connectivity index (χ1) is 30.8. The van der Waals surface area contributed by atoms with E-state index in [4.69, 9.17) is 9.47 Å². The number of rotatable bonds is 13. The minimum absolute atomic E-state index is 0.0593. The van der Waals surface area contributed by atoms with Gasteiger partial charge in [-0.15, -0.1) is 0 Å². The number of likely N-dealkylation sites (tertiary alicyclic amines) is 1. The summed E-state index contributed by atoms with van der Waals surface area (Å²) >= 11 is 0. The van der Waals surface area contributed by atoms with Crippen molar-refractivity contribution in [2.45, 2.75) is 95.9 Å². The van der Waals surface area contributed by atoms with Gasteiger partial charge in [-0.05, 0) is 102 Å². The molecule has 0 bridgehead atoms. The summed E-state index contributed by atoms with van der Waals surface area (Å²) in [5.41, 5.74) is 4.00. The number of anilines is 1. The lowest BCUT2D eigenvalue weighted by Crippen LogP contribution is -2.61. The molecule has 64 heavy (non-hydrogen) atoms. The molecular formula is C48H63FN10O5. The number of H-pyrrole nitrogens is 1. The molecule has 6 aliphatic rings. The van der Waals surface area contributed by atoms with Crippen LogP contribution in [0.15, 0.2) is 46.1 Å². The summed E-state index contributed by atoms with van der Waals surface area (Å²) in [6.07, 6.45) is 8.61. The van der Waals surface area contributed by atoms with E-state index in [1.807, 2.05) is 25.1 Å². The van der Waals surface area contributed by atoms with E-state index in [0.717, 1.165) is 120 Å². The number of halogens is 1. The van der Waals surface area contributed by atoms with Gasteiger partial charge in [0, 0.05) is 107 Å². The number of piperidine rings is 3. The highest BCUT2D eigenvalue weighted by Crippen LogP contribution is 2.43. The lowest BCUT2D eigenvalue weighted by molar-refractivity contribution is -0.136. The number of aromatic nitrogens is 2. The van der Waals surface area contributed by atoms with E-state index < -0.39 is 17.8 Å². The Labute approximate surface area is 375 Å². The number of piperazine rings is 1. The molecule has 2 aromatic carbocycles. The fraction of sp³-hybridized carbons (Fsp3) is 0.583. The number of hydrogen-bond acceptors (Lipinski definition) is 12. The Bertz CT molecular complexity index is 2370. The van der Waals surface area contributed by atoms with Crippen LogP contribution in [-0.4, -0.2) is 150 Å². The predicted molar refractivity (Wildman–Crippen MR) is 245 cm³/mol. The molecule has 1 saturated carbocycles. The first-order valence-corrected chi connectivity index (χ1v) is 23.1. The number of nitrogens with zero attached hydrogens (tertiary/aromatic N) is 8. The smallest absolute Gasteiger partial charge is 0.255 e. The minimum atomic E-state index is -0.656. The Morgan fingerprint density at radius 3 is 2.39 bits per heavy atom. The van der Waals surface area contributed by atoms with Crippen LogP contribution in [0, 0.1) is 17.7 Å². The largest absolute Gasteiger partial charge is 0.494 e. The number of carbonyl (C=O) groups excluding carboxylic acids is 3. The SMILES string of the molecule is C=N/C(=C\C(=N/C)c1n[nH]c2cc(F)c(OC3(C)CC3)cc12)N1CCC(CN2CCN(CC3CCN(c4ccc5c(c4OC)CN(C4CCC(=O)NC4=O)C5=O)CC3)C(C)(C)C2)CC1. The van der Waals surface area contributed by atoms with Crippen LogP contribution in [0.25, 0.3) is 10.9 Å². The zero-order valence-electron chi connectivity index (χ0n) is 38.1. The van der Waals surface area contributed by atoms with Crippen molar-refractivity contribution in [3.05, 3.63) is 58.8 Å². The molecule has 5 aliphatic heterocycles. The van der Waals surface area contributed by atoms with Crippen LogP contribution in [0.2, 0.25) is 0 Å². The van der Waals surface area contributed by atoms with Gasteiger partial charge in [0.2, 0.25) is 11.8 Å². The number of carbonyl (C=O) groups is 3. The monoisotopic (exact) mass is 878 g/mol. The third kappa shape index (κ3) is 8.74. The zero-order chi connectivity index (χ0) is 44.9. The molecular weight excluding hydrogens is 816 g/mol. The van der Waals surface area contributed by atoms with E-state index in [9.17, 15) is 18.8 Å². The number of aromatic amines is 1. The van der Waals surface area contributed by atoms with Crippen molar-refractivity contribution in [3.8, 4) is 11.5 Å². The van der Waals surface area contributed by atoms with Crippen LogP contribution in [0.3, 0.4) is 0 Å². The van der Waals surface area contributed by atoms with Gasteiger partial charge in [-0.2, -0.15) is 5.10 Å². The molecule has 3 amide bonds. The topological polar surface area (TPSA) is 151 Å². The van der Waals surface area contributed by atoms with Crippen LogP contribution in [0.5, 0.6) is 11.5 Å². The second-order valence-electron chi connectivity index (χ2n) is 19.6. The molecule has 6 heterocycles. The molecule has 2 N–H and O–H groups in total. The van der Waals surface area contributed by atoms with Crippen molar-refractivity contribution in [1.82, 2.24) is 35.1 Å². The standard InChI is InChI=1S/C48H63FN10O5/c1-47(2)29-55(26-30-13-19-57(20-14-30)41(51-5)25-37(50-4)43-33-23-40(64-48(3)15-16-48)35(49)24-36(33)53-54-43)21-22-58(47)27-31-11-17-56(18-12-31)38-8-7-32-34(44(38)63-6)28-59(46(32)62)39-9-10-42(60)52-45(39)61/h7-8,23-25,30-31,39H,5,9-22,26-29H2,1-4,6H3,(H,53,54)(H,52,60,61)/b41-25+,50-37+. The van der Waals surface area contributed by atoms with E-state index in [-0.39, 0.29) is 35.1 Å². The quantitative estimate of drug-likeness (QED) is 0.169. The highest BCUT2D eigenvalue weighted by atomic mass is 19.1. The average molecular weight is 879 g/mol. The molecule has 9 rings (SSSR count). The summed E-state index contributed by atoms with van der Waals surface area (Å²) in [6, 6.07) is 6.39. The van der Waals surface area contributed by atoms with Gasteiger partial charge >= 0.3 is 0 Å². The van der Waals surface area contributed by atoms with Crippen molar-refractivity contribution < 1.29 is 28.2 Å². The molecule has 1 unspecified atom stereocenters. The number of allylic oxidation sites excluding steroid dienone is 1. The molecule has 16 heteroatoms. The third-order valence-corrected chi connectivity index (χ3v) is 14.7. The van der Waals surface area contributed by atoms with Crippen molar-refractivity contribution in [1.29, 1.82) is 0 Å². The Hall–Kier alpha value is -5.35. The molecule has 1 atom stereocenters. The summed E-state index contributed by atoms with van der Waals surface area (Å²) < 4.78 is 26.9. The van der Waals surface area contributed by atoms with Gasteiger partial charge < -0.3 is 24.2 Å². The lowest BCUT2D eigenvalue weighted by atomic mass is 9.90. The van der Waals surface area contributed by atoms with Crippen LogP contribution in [0.1, 0.15) is 93.8 Å². The second kappa shape index (κ2) is 17.6. The van der Waals surface area contributed by atoms with Crippen LogP contribution >= 0.6 is 0 Å². The average Bonchev–Trinajstić information content (AvgIpc) is 3.73. The number of nitrogens with one attached hydrogen (secondary N) is 2. The van der Waals surface area contributed by atoms with Gasteiger partial charge in [0.15, 0.2) is 11.6 Å². The third-order valence-electron chi connectivity index (χ3n) is 14.7. The van der Waals surface area contributed by atoms with Gasteiger partial charge in [0.05, 0.1) is 30.6 Å². The van der Waals surface area contributed by atoms with Gasteiger partial charge in [0.25, 0.3) is 5.91 Å². The van der Waals surface area contributed by atoms with Gasteiger partial charge in [0.1, 0.15) is 28.9 Å². The number of methoxy groups -OCH3 is 1. The fourth-order valence-corrected chi connectivity index (χ4v) is 10.7. The zero-order valence-corrected chi connectivity index (χ0v) is 38.1. The molecule has 15 nitrogen and oxygen atoms in total. The first-order valence-electron chi connectivity index (χ1n) is 23.1. The summed E-state index contributed by atoms with van der Waals surface area (Å²) in [6.45, 7) is 19.9. The van der Waals surface area contributed by atoms with E-state index >= 15 is 0 Å². The highest BCUT2D eigenvalue weighted by Gasteiger charge is 2.43. The second-order valence-corrected chi connectivity index (χ2v) is 19.6. The van der Waals surface area contributed by atoms with E-state index in [0.29, 0.717) is 53.0 Å². The van der Waals surface area contributed by atoms with Crippen molar-refractivity contribution in [2.75, 3.05) is 78.0 Å². The van der Waals surface area contributed by atoms with Gasteiger partial charge in [-0.25, -0.2) is 9.38 Å². The normalized spacial score (nSPS) is 23.8.